The zero-order valence-corrected chi connectivity index (χ0v) is 20.3. The summed E-state index contributed by atoms with van der Waals surface area (Å²) in [6.07, 6.45) is 0. The number of azo groups is 2. The molecule has 0 saturated heterocycles. The predicted octanol–water partition coefficient (Wildman–Crippen LogP) is 5.34. The largest absolute Gasteiger partial charge is 0.741 e. The van der Waals surface area contributed by atoms with Gasteiger partial charge < -0.3 is 4.55 Å². The fourth-order valence-electron chi connectivity index (χ4n) is 2.80. The Bertz CT molecular complexity index is 1420. The Hall–Kier alpha value is -3.69. The van der Waals surface area contributed by atoms with Crippen LogP contribution in [0.1, 0.15) is 5.56 Å². The van der Waals surface area contributed by atoms with Gasteiger partial charge in [-0.15, -0.1) is 5.10 Å². The van der Waals surface area contributed by atoms with Crippen LogP contribution in [0.4, 0.5) is 30.2 Å². The van der Waals surface area contributed by atoms with Crippen molar-refractivity contribution < 1.29 is 35.8 Å². The zero-order chi connectivity index (χ0) is 26.5. The molecule has 0 bridgehead atoms. The molecule has 3 aromatic carbocycles. The van der Waals surface area contributed by atoms with E-state index in [9.17, 15) is 23.3 Å². The summed E-state index contributed by atoms with van der Waals surface area (Å²) in [5.41, 5.74) is -3.27. The predicted molar refractivity (Wildman–Crippen MR) is 126 cm³/mol. The van der Waals surface area contributed by atoms with Crippen molar-refractivity contribution in [2.24, 2.45) is 10.2 Å². The van der Waals surface area contributed by atoms with Crippen molar-refractivity contribution in [3.8, 4) is 0 Å². The van der Waals surface area contributed by atoms with E-state index >= 15 is 0 Å². The number of nitro benzene ring substituents is 1. The number of amidine groups is 1. The highest BCUT2D eigenvalue weighted by atomic mass is 79.9. The minimum Gasteiger partial charge on any atom is -0.741 e. The van der Waals surface area contributed by atoms with Crippen LogP contribution >= 0.6 is 15.9 Å². The van der Waals surface area contributed by atoms with Gasteiger partial charge in [-0.3, -0.25) is 10.1 Å². The number of non-ortho nitro benzene ring substituents is 1. The van der Waals surface area contributed by atoms with Crippen molar-refractivity contribution in [2.45, 2.75) is 5.51 Å². The number of para-hydroxylation sites is 1. The van der Waals surface area contributed by atoms with Crippen LogP contribution in [0.5, 0.6) is 0 Å². The van der Waals surface area contributed by atoms with Crippen LogP contribution in [0.25, 0.3) is 0 Å². The second-order valence-corrected chi connectivity index (χ2v) is 9.27. The molecule has 0 radical (unpaired) electrons. The fourth-order valence-corrected chi connectivity index (χ4v) is 3.07. The van der Waals surface area contributed by atoms with E-state index in [1.807, 2.05) is 64.3 Å². The van der Waals surface area contributed by atoms with Gasteiger partial charge in [0.05, 0.1) is 10.6 Å². The minimum atomic E-state index is -6.09. The summed E-state index contributed by atoms with van der Waals surface area (Å²) in [5, 5.41) is 22.2. The maximum Gasteiger partial charge on any atom is 0.485 e. The van der Waals surface area contributed by atoms with E-state index in [2.05, 4.69) is 26.1 Å². The number of rotatable bonds is 4. The fraction of sp³-hybridized carbons (Fsp3) is 0.0952. The van der Waals surface area contributed by atoms with E-state index in [1.54, 1.807) is 12.1 Å². The van der Waals surface area contributed by atoms with Gasteiger partial charge in [0.2, 0.25) is 11.5 Å². The molecule has 4 rings (SSSR count). The Morgan fingerprint density at radius 2 is 1.61 bits per heavy atom. The average molecular weight is 586 g/mol. The van der Waals surface area contributed by atoms with Gasteiger partial charge in [-0.1, -0.05) is 51.0 Å². The summed E-state index contributed by atoms with van der Waals surface area (Å²) in [6, 6.07) is 23.9. The van der Waals surface area contributed by atoms with Gasteiger partial charge in [0.15, 0.2) is 10.1 Å². The first kappa shape index (κ1) is 26.9. The number of halogens is 4. The molecule has 0 amide bonds. The molecule has 0 atom stereocenters. The average Bonchev–Trinajstić information content (AvgIpc) is 2.84. The topological polar surface area (TPSA) is 131 Å². The normalized spacial score (nSPS) is 13.8. The van der Waals surface area contributed by atoms with E-state index < -0.39 is 20.5 Å². The SMILES string of the molecule is O=S(=O)([O-])C(F)(F)F.O=[N+]([O-])c1cccc(C2=NN(c3ccccc3)C[N+](c3ccc(Br)cc3)=N2)c1. The molecule has 36 heavy (non-hydrogen) atoms. The Balaban J connectivity index is 0.000000392. The van der Waals surface area contributed by atoms with Gasteiger partial charge in [0.25, 0.3) is 12.4 Å². The van der Waals surface area contributed by atoms with Crippen LogP contribution in [0.15, 0.2) is 93.6 Å². The second-order valence-electron chi connectivity index (χ2n) is 6.98. The molecule has 0 unspecified atom stereocenters. The molecule has 3 aromatic rings. The lowest BCUT2D eigenvalue weighted by Crippen LogP contribution is -2.31. The lowest BCUT2D eigenvalue weighted by atomic mass is 10.2. The summed E-state index contributed by atoms with van der Waals surface area (Å²) in [5.74, 6) is 0.404. The van der Waals surface area contributed by atoms with Crippen LogP contribution in [0.2, 0.25) is 0 Å². The Morgan fingerprint density at radius 3 is 2.17 bits per heavy atom. The Kier molecular flexibility index (Phi) is 8.17. The van der Waals surface area contributed by atoms with Crippen LogP contribution in [0, 0.1) is 10.1 Å². The highest BCUT2D eigenvalue weighted by Crippen LogP contribution is 2.25. The van der Waals surface area contributed by atoms with E-state index in [-0.39, 0.29) is 5.69 Å². The number of hydrogen-bond acceptors (Lipinski definition) is 8. The first-order valence-electron chi connectivity index (χ1n) is 9.78. The quantitative estimate of drug-likeness (QED) is 0.133. The van der Waals surface area contributed by atoms with Crippen molar-refractivity contribution >= 4 is 48.9 Å². The Morgan fingerprint density at radius 1 is 1.00 bits per heavy atom. The number of hydrogen-bond donors (Lipinski definition) is 0. The summed E-state index contributed by atoms with van der Waals surface area (Å²) < 4.78 is 61.7. The van der Waals surface area contributed by atoms with Crippen molar-refractivity contribution in [3.05, 3.63) is 99.0 Å². The lowest BCUT2D eigenvalue weighted by Gasteiger charge is -2.20. The molecule has 10 nitrogen and oxygen atoms in total. The molecule has 0 fully saturated rings. The molecule has 1 aliphatic rings. The maximum atomic E-state index is 11.1. The van der Waals surface area contributed by atoms with Gasteiger partial charge >= 0.3 is 5.51 Å². The molecule has 0 saturated carbocycles. The summed E-state index contributed by atoms with van der Waals surface area (Å²) in [4.78, 5) is 10.7. The molecular formula is C21H15BrF3N5O5S. The number of nitrogens with zero attached hydrogens (tertiary/aromatic N) is 5. The van der Waals surface area contributed by atoms with Gasteiger partial charge in [-0.05, 0) is 24.3 Å². The van der Waals surface area contributed by atoms with Crippen molar-refractivity contribution in [2.75, 3.05) is 11.7 Å². The molecule has 0 spiro atoms. The summed E-state index contributed by atoms with van der Waals surface area (Å²) >= 11 is 3.44. The third-order valence-corrected chi connectivity index (χ3v) is 5.57. The summed E-state index contributed by atoms with van der Waals surface area (Å²) in [7, 11) is -6.09. The zero-order valence-electron chi connectivity index (χ0n) is 17.9. The Labute approximate surface area is 211 Å². The van der Waals surface area contributed by atoms with E-state index in [0.29, 0.717) is 18.1 Å². The van der Waals surface area contributed by atoms with E-state index in [4.69, 9.17) is 13.0 Å². The first-order valence-corrected chi connectivity index (χ1v) is 12.0. The third kappa shape index (κ3) is 6.93. The minimum absolute atomic E-state index is 0.00225. The van der Waals surface area contributed by atoms with Crippen LogP contribution in [-0.2, 0) is 10.1 Å². The molecule has 1 aliphatic heterocycles. The maximum absolute atomic E-state index is 11.1. The number of alkyl halides is 3. The second kappa shape index (κ2) is 10.9. The highest BCUT2D eigenvalue weighted by molar-refractivity contribution is 9.10. The first-order chi connectivity index (χ1) is 16.8. The molecule has 15 heteroatoms. The van der Waals surface area contributed by atoms with E-state index in [1.165, 1.54) is 12.1 Å². The van der Waals surface area contributed by atoms with Crippen LogP contribution in [0.3, 0.4) is 0 Å². The van der Waals surface area contributed by atoms with Gasteiger partial charge in [-0.25, -0.2) is 13.4 Å². The van der Waals surface area contributed by atoms with Crippen molar-refractivity contribution in [1.82, 2.24) is 0 Å². The monoisotopic (exact) mass is 585 g/mol. The number of anilines is 1. The molecule has 0 aromatic heterocycles. The van der Waals surface area contributed by atoms with Gasteiger partial charge in [0, 0.05) is 39.4 Å². The molecular weight excluding hydrogens is 571 g/mol. The van der Waals surface area contributed by atoms with Gasteiger partial charge in [-0.2, -0.15) is 13.2 Å². The third-order valence-electron chi connectivity index (χ3n) is 4.48. The number of nitro groups is 1. The molecule has 0 aliphatic carbocycles. The van der Waals surface area contributed by atoms with Crippen LogP contribution in [-0.4, -0.2) is 40.6 Å². The standard InChI is InChI=1S/C20H15BrN5O2.CHF3O3S/c21-16-9-11-18(12-10-16)25-14-24(17-6-2-1-3-7-17)22-20(23-25)15-5-4-8-19(13-15)26(27)28;2-1(3,4)8(5,6)7/h1-13H,14H2;(H,5,6,7)/q+1;/p-1. The highest BCUT2D eigenvalue weighted by Gasteiger charge is 2.37. The lowest BCUT2D eigenvalue weighted by molar-refractivity contribution is -0.508. The van der Waals surface area contributed by atoms with Crippen LogP contribution < -0.4 is 5.01 Å². The van der Waals surface area contributed by atoms with Crippen molar-refractivity contribution in [3.63, 3.8) is 0 Å². The number of benzene rings is 3. The number of hydrazone groups is 1. The molecule has 0 N–H and O–H groups in total. The van der Waals surface area contributed by atoms with Gasteiger partial charge in [0.1, 0.15) is 0 Å². The molecule has 188 valence electrons. The smallest absolute Gasteiger partial charge is 0.485 e. The molecule has 1 heterocycles. The van der Waals surface area contributed by atoms with Crippen molar-refractivity contribution in [1.29, 1.82) is 0 Å². The van der Waals surface area contributed by atoms with E-state index in [0.717, 1.165) is 15.8 Å². The summed E-state index contributed by atoms with van der Waals surface area (Å²) in [6.45, 7) is 0.421.